The van der Waals surface area contributed by atoms with Crippen LogP contribution in [0.3, 0.4) is 0 Å². The lowest BCUT2D eigenvalue weighted by Gasteiger charge is -2.40. The zero-order valence-corrected chi connectivity index (χ0v) is 19.2. The molecule has 0 radical (unpaired) electrons. The molecule has 4 rings (SSSR count). The van der Waals surface area contributed by atoms with Crippen molar-refractivity contribution in [1.82, 2.24) is 9.29 Å². The minimum absolute atomic E-state index is 0.0876. The number of hydrogen-bond acceptors (Lipinski definition) is 6. The minimum atomic E-state index is -3.79. The monoisotopic (exact) mass is 469 g/mol. The number of thiazole rings is 1. The third-order valence-corrected chi connectivity index (χ3v) is 8.45. The summed E-state index contributed by atoms with van der Waals surface area (Å²) < 4.78 is 27.9. The molecule has 1 aliphatic heterocycles. The number of nitrogens with one attached hydrogen (secondary N) is 1. The quantitative estimate of drug-likeness (QED) is 0.555. The van der Waals surface area contributed by atoms with Crippen LogP contribution in [0.1, 0.15) is 35.7 Å². The van der Waals surface area contributed by atoms with E-state index in [1.165, 1.54) is 34.7 Å². The standard InChI is InChI=1S/C23H23N3O4S2/c1-17(27)18-6-5-9-20(16-18)32(29,30)26-13-10-23(11-14-26,19-7-3-2-4-8-19)21(28)25-22-24-12-15-31-22/h2-9,12,15-16H,10-11,13-14H2,1H3,(H,24,25,28). The molecule has 1 saturated heterocycles. The summed E-state index contributed by atoms with van der Waals surface area (Å²) in [5.74, 6) is -0.378. The van der Waals surface area contributed by atoms with Gasteiger partial charge in [-0.15, -0.1) is 11.3 Å². The highest BCUT2D eigenvalue weighted by Gasteiger charge is 2.45. The number of sulfonamides is 1. The van der Waals surface area contributed by atoms with E-state index in [0.29, 0.717) is 23.5 Å². The topological polar surface area (TPSA) is 96.4 Å². The first-order chi connectivity index (χ1) is 15.3. The molecule has 0 atom stereocenters. The first kappa shape index (κ1) is 22.3. The molecular formula is C23H23N3O4S2. The molecule has 0 bridgehead atoms. The highest BCUT2D eigenvalue weighted by Crippen LogP contribution is 2.38. The van der Waals surface area contributed by atoms with Gasteiger partial charge in [0.2, 0.25) is 15.9 Å². The smallest absolute Gasteiger partial charge is 0.243 e. The fourth-order valence-electron chi connectivity index (χ4n) is 4.04. The molecule has 2 aromatic carbocycles. The van der Waals surface area contributed by atoms with Crippen LogP contribution < -0.4 is 5.32 Å². The van der Waals surface area contributed by atoms with Crippen LogP contribution in [0.5, 0.6) is 0 Å². The summed E-state index contributed by atoms with van der Waals surface area (Å²) in [5, 5.41) is 5.20. The Bertz CT molecular complexity index is 1220. The Morgan fingerprint density at radius 3 is 2.41 bits per heavy atom. The number of hydrogen-bond donors (Lipinski definition) is 1. The third kappa shape index (κ3) is 4.23. The number of nitrogens with zero attached hydrogens (tertiary/aromatic N) is 2. The number of carbonyl (C=O) groups excluding carboxylic acids is 2. The van der Waals surface area contributed by atoms with Gasteiger partial charge in [-0.3, -0.25) is 9.59 Å². The van der Waals surface area contributed by atoms with Crippen LogP contribution in [-0.4, -0.2) is 42.5 Å². The van der Waals surface area contributed by atoms with Gasteiger partial charge in [0.1, 0.15) is 0 Å². The molecule has 9 heteroatoms. The summed E-state index contributed by atoms with van der Waals surface area (Å²) in [5.41, 5.74) is 0.342. The SMILES string of the molecule is CC(=O)c1cccc(S(=O)(=O)N2CCC(C(=O)Nc3nccs3)(c3ccccc3)CC2)c1. The second-order valence-corrected chi connectivity index (χ2v) is 10.6. The third-order valence-electron chi connectivity index (χ3n) is 5.87. The highest BCUT2D eigenvalue weighted by molar-refractivity contribution is 7.89. The van der Waals surface area contributed by atoms with Gasteiger partial charge < -0.3 is 5.32 Å². The van der Waals surface area contributed by atoms with Crippen molar-refractivity contribution in [3.05, 3.63) is 77.3 Å². The molecular weight excluding hydrogens is 446 g/mol. The van der Waals surface area contributed by atoms with Crippen LogP contribution in [0.25, 0.3) is 0 Å². The van der Waals surface area contributed by atoms with Crippen molar-refractivity contribution in [2.45, 2.75) is 30.1 Å². The highest BCUT2D eigenvalue weighted by atomic mass is 32.2. The van der Waals surface area contributed by atoms with Crippen molar-refractivity contribution in [1.29, 1.82) is 0 Å². The van der Waals surface area contributed by atoms with Crippen LogP contribution in [0.15, 0.2) is 71.1 Å². The number of aromatic nitrogens is 1. The first-order valence-electron chi connectivity index (χ1n) is 10.2. The van der Waals surface area contributed by atoms with Gasteiger partial charge in [-0.05, 0) is 37.5 Å². The fourth-order valence-corrected chi connectivity index (χ4v) is 6.05. The van der Waals surface area contributed by atoms with E-state index in [1.807, 2.05) is 30.3 Å². The zero-order chi connectivity index (χ0) is 22.8. The molecule has 7 nitrogen and oxygen atoms in total. The van der Waals surface area contributed by atoms with E-state index in [2.05, 4.69) is 10.3 Å². The molecule has 32 heavy (non-hydrogen) atoms. The van der Waals surface area contributed by atoms with Crippen molar-refractivity contribution in [3.8, 4) is 0 Å². The van der Waals surface area contributed by atoms with Gasteiger partial charge in [0, 0.05) is 30.2 Å². The van der Waals surface area contributed by atoms with E-state index in [9.17, 15) is 18.0 Å². The van der Waals surface area contributed by atoms with Crippen molar-refractivity contribution >= 4 is 38.2 Å². The van der Waals surface area contributed by atoms with Gasteiger partial charge in [-0.1, -0.05) is 42.5 Å². The Morgan fingerprint density at radius 1 is 1.06 bits per heavy atom. The summed E-state index contributed by atoms with van der Waals surface area (Å²) in [6, 6.07) is 15.5. The lowest BCUT2D eigenvalue weighted by atomic mass is 9.72. The molecule has 1 amide bonds. The summed E-state index contributed by atoms with van der Waals surface area (Å²) >= 11 is 1.34. The van der Waals surface area contributed by atoms with Gasteiger partial charge in [0.05, 0.1) is 10.3 Å². The number of ketones is 1. The lowest BCUT2D eigenvalue weighted by Crippen LogP contribution is -2.50. The van der Waals surface area contributed by atoms with Crippen molar-refractivity contribution in [3.63, 3.8) is 0 Å². The molecule has 166 valence electrons. The Balaban J connectivity index is 1.61. The maximum absolute atomic E-state index is 13.4. The number of carbonyl (C=O) groups is 2. The van der Waals surface area contributed by atoms with Crippen molar-refractivity contribution in [2.75, 3.05) is 18.4 Å². The summed E-state index contributed by atoms with van der Waals surface area (Å²) in [6.45, 7) is 1.78. The molecule has 1 fully saturated rings. The van der Waals surface area contributed by atoms with E-state index in [1.54, 1.807) is 23.7 Å². The van der Waals surface area contributed by atoms with Crippen molar-refractivity contribution in [2.24, 2.45) is 0 Å². The van der Waals surface area contributed by atoms with Crippen molar-refractivity contribution < 1.29 is 18.0 Å². The van der Waals surface area contributed by atoms with E-state index in [-0.39, 0.29) is 29.7 Å². The van der Waals surface area contributed by atoms with E-state index < -0.39 is 15.4 Å². The largest absolute Gasteiger partial charge is 0.301 e. The van der Waals surface area contributed by atoms with Gasteiger partial charge >= 0.3 is 0 Å². The molecule has 0 unspecified atom stereocenters. The Kier molecular flexibility index (Phi) is 6.23. The van der Waals surface area contributed by atoms with Crippen LogP contribution >= 0.6 is 11.3 Å². The first-order valence-corrected chi connectivity index (χ1v) is 12.5. The number of benzene rings is 2. The Labute approximate surface area is 191 Å². The predicted molar refractivity (Wildman–Crippen MR) is 123 cm³/mol. The Hall–Kier alpha value is -2.88. The van der Waals surface area contributed by atoms with E-state index in [4.69, 9.17) is 0 Å². The van der Waals surface area contributed by atoms with Crippen LogP contribution in [0, 0.1) is 0 Å². The number of amides is 1. The summed E-state index contributed by atoms with van der Waals surface area (Å²) in [7, 11) is -3.79. The average Bonchev–Trinajstić information content (AvgIpc) is 3.32. The minimum Gasteiger partial charge on any atom is -0.301 e. The summed E-state index contributed by atoms with van der Waals surface area (Å²) in [4.78, 5) is 29.3. The fraction of sp³-hybridized carbons (Fsp3) is 0.261. The normalized spacial score (nSPS) is 16.4. The lowest BCUT2D eigenvalue weighted by molar-refractivity contribution is -0.123. The molecule has 3 aromatic rings. The van der Waals surface area contributed by atoms with Crippen LogP contribution in [0.4, 0.5) is 5.13 Å². The number of piperidine rings is 1. The second kappa shape index (κ2) is 8.93. The average molecular weight is 470 g/mol. The molecule has 0 spiro atoms. The van der Waals surface area contributed by atoms with Gasteiger partial charge in [-0.25, -0.2) is 13.4 Å². The van der Waals surface area contributed by atoms with Crippen LogP contribution in [0.2, 0.25) is 0 Å². The van der Waals surface area contributed by atoms with Gasteiger partial charge in [-0.2, -0.15) is 4.31 Å². The molecule has 0 aliphatic carbocycles. The van der Waals surface area contributed by atoms with E-state index >= 15 is 0 Å². The van der Waals surface area contributed by atoms with Crippen LogP contribution in [-0.2, 0) is 20.2 Å². The second-order valence-electron chi connectivity index (χ2n) is 7.73. The maximum atomic E-state index is 13.4. The molecule has 1 N–H and O–H groups in total. The molecule has 1 aliphatic rings. The van der Waals surface area contributed by atoms with Gasteiger partial charge in [0.25, 0.3) is 0 Å². The number of rotatable bonds is 6. The molecule has 0 saturated carbocycles. The number of Topliss-reactive ketones (excluding diaryl/α,β-unsaturated/α-hetero) is 1. The summed E-state index contributed by atoms with van der Waals surface area (Å²) in [6.07, 6.45) is 2.29. The maximum Gasteiger partial charge on any atom is 0.243 e. The zero-order valence-electron chi connectivity index (χ0n) is 17.5. The predicted octanol–water partition coefficient (Wildman–Crippen LogP) is 3.71. The van der Waals surface area contributed by atoms with E-state index in [0.717, 1.165) is 5.56 Å². The number of anilines is 1. The molecule has 1 aromatic heterocycles. The van der Waals surface area contributed by atoms with Gasteiger partial charge in [0.15, 0.2) is 10.9 Å². The Morgan fingerprint density at radius 2 is 1.78 bits per heavy atom. The molecule has 2 heterocycles.